The topological polar surface area (TPSA) is 58.0 Å². The summed E-state index contributed by atoms with van der Waals surface area (Å²) in [5.41, 5.74) is 2.16. The molecule has 0 aromatic heterocycles. The average Bonchev–Trinajstić information content (AvgIpc) is 2.36. The number of Topliss-reactive ketones (excluding diaryl/α,β-unsaturated/α-hetero) is 2. The molecule has 0 saturated heterocycles. The lowest BCUT2D eigenvalue weighted by Gasteiger charge is -2.24. The molecule has 0 atom stereocenters. The summed E-state index contributed by atoms with van der Waals surface area (Å²) in [7, 11) is 0. The number of carbonyl (C=O) groups is 2. The monoisotopic (exact) mass is 225 g/mol. The second kappa shape index (κ2) is 3.48. The van der Waals surface area contributed by atoms with Gasteiger partial charge in [0.2, 0.25) is 0 Å². The molecule has 0 spiro atoms. The van der Waals surface area contributed by atoms with Crippen molar-refractivity contribution >= 4 is 17.3 Å². The van der Waals surface area contributed by atoms with E-state index < -0.39 is 0 Å². The molecule has 1 aromatic rings. The highest BCUT2D eigenvalue weighted by molar-refractivity contribution is 6.37. The molecule has 0 unspecified atom stereocenters. The maximum absolute atomic E-state index is 12.3. The molecule has 2 aliphatic rings. The van der Waals surface area contributed by atoms with E-state index in [-0.39, 0.29) is 11.6 Å². The van der Waals surface area contributed by atoms with Crippen LogP contribution in [0.1, 0.15) is 40.0 Å². The van der Waals surface area contributed by atoms with Gasteiger partial charge in [-0.25, -0.2) is 0 Å². The Balaban J connectivity index is 2.27. The minimum atomic E-state index is -0.153. The van der Waals surface area contributed by atoms with Crippen molar-refractivity contribution in [3.63, 3.8) is 0 Å². The highest BCUT2D eigenvalue weighted by atomic mass is 16.1. The van der Waals surface area contributed by atoms with Crippen LogP contribution in [0.4, 0.5) is 0 Å². The van der Waals surface area contributed by atoms with E-state index in [0.29, 0.717) is 40.8 Å². The fourth-order valence-electron chi connectivity index (χ4n) is 2.55. The average molecular weight is 225 g/mol. The number of hydrogen-bond donors (Lipinski definition) is 1. The first-order valence-corrected chi connectivity index (χ1v) is 5.69. The van der Waals surface area contributed by atoms with Crippen LogP contribution in [0.15, 0.2) is 35.4 Å². The molecule has 0 radical (unpaired) electrons. The van der Waals surface area contributed by atoms with Gasteiger partial charge in [-0.05, 0) is 19.3 Å². The maximum Gasteiger partial charge on any atom is 0.195 e. The lowest BCUT2D eigenvalue weighted by atomic mass is 9.76. The van der Waals surface area contributed by atoms with E-state index in [4.69, 9.17) is 5.41 Å². The molecule has 1 N–H and O–H groups in total. The van der Waals surface area contributed by atoms with Gasteiger partial charge in [0, 0.05) is 22.4 Å². The first kappa shape index (κ1) is 10.1. The second-order valence-electron chi connectivity index (χ2n) is 4.39. The fourth-order valence-corrected chi connectivity index (χ4v) is 2.55. The molecule has 3 rings (SSSR count). The lowest BCUT2D eigenvalue weighted by molar-refractivity contribution is 0.0974. The summed E-state index contributed by atoms with van der Waals surface area (Å²) in [5.74, 6) is -0.223. The van der Waals surface area contributed by atoms with E-state index in [1.807, 2.05) is 0 Å². The number of nitrogens with one attached hydrogen (secondary N) is 1. The van der Waals surface area contributed by atoms with Gasteiger partial charge in [0.05, 0.1) is 5.57 Å². The van der Waals surface area contributed by atoms with Gasteiger partial charge in [-0.3, -0.25) is 9.59 Å². The van der Waals surface area contributed by atoms with Gasteiger partial charge in [-0.15, -0.1) is 0 Å². The van der Waals surface area contributed by atoms with Crippen molar-refractivity contribution in [2.75, 3.05) is 0 Å². The van der Waals surface area contributed by atoms with Crippen molar-refractivity contribution in [1.29, 1.82) is 5.41 Å². The van der Waals surface area contributed by atoms with Crippen LogP contribution in [0.25, 0.3) is 0 Å². The molecule has 3 nitrogen and oxygen atoms in total. The Bertz CT molecular complexity index is 596. The molecular formula is C14H11NO2. The number of fused-ring (bicyclic) bond motifs is 1. The highest BCUT2D eigenvalue weighted by Crippen LogP contribution is 2.33. The number of carbonyl (C=O) groups excluding carboxylic acids is 2. The number of ketones is 2. The molecule has 3 heteroatoms. The first-order chi connectivity index (χ1) is 8.20. The van der Waals surface area contributed by atoms with E-state index >= 15 is 0 Å². The summed E-state index contributed by atoms with van der Waals surface area (Å²) in [5, 5.41) is 7.84. The molecule has 0 heterocycles. The molecule has 0 aliphatic heterocycles. The molecule has 0 fully saturated rings. The van der Waals surface area contributed by atoms with Crippen LogP contribution < -0.4 is 0 Å². The maximum atomic E-state index is 12.3. The van der Waals surface area contributed by atoms with Gasteiger partial charge in [-0.1, -0.05) is 24.3 Å². The zero-order valence-corrected chi connectivity index (χ0v) is 9.25. The van der Waals surface area contributed by atoms with Gasteiger partial charge in [0.1, 0.15) is 0 Å². The molecule has 1 aromatic carbocycles. The Kier molecular flexibility index (Phi) is 2.08. The van der Waals surface area contributed by atoms with Gasteiger partial charge >= 0.3 is 0 Å². The Morgan fingerprint density at radius 3 is 2.29 bits per heavy atom. The van der Waals surface area contributed by atoms with Crippen LogP contribution >= 0.6 is 0 Å². The minimum absolute atomic E-state index is 0.0698. The Morgan fingerprint density at radius 2 is 1.59 bits per heavy atom. The Labute approximate surface area is 98.7 Å². The first-order valence-electron chi connectivity index (χ1n) is 5.69. The Morgan fingerprint density at radius 1 is 0.941 bits per heavy atom. The van der Waals surface area contributed by atoms with E-state index in [1.54, 1.807) is 24.3 Å². The molecule has 0 amide bonds. The largest absolute Gasteiger partial charge is 0.305 e. The summed E-state index contributed by atoms with van der Waals surface area (Å²) in [6, 6.07) is 6.88. The normalized spacial score (nSPS) is 19.2. The quantitative estimate of drug-likeness (QED) is 0.737. The van der Waals surface area contributed by atoms with Gasteiger partial charge in [-0.2, -0.15) is 0 Å². The van der Waals surface area contributed by atoms with Crippen LogP contribution in [-0.2, 0) is 0 Å². The summed E-state index contributed by atoms with van der Waals surface area (Å²) < 4.78 is 0. The summed E-state index contributed by atoms with van der Waals surface area (Å²) in [6.07, 6.45) is 2.01. The molecule has 84 valence electrons. The predicted octanol–water partition coefficient (Wildman–Crippen LogP) is 2.57. The molecule has 0 saturated carbocycles. The number of hydrogen-bond acceptors (Lipinski definition) is 3. The third kappa shape index (κ3) is 1.32. The third-order valence-corrected chi connectivity index (χ3v) is 3.37. The van der Waals surface area contributed by atoms with E-state index in [0.717, 1.165) is 6.42 Å². The second-order valence-corrected chi connectivity index (χ2v) is 4.39. The molecule has 2 aliphatic carbocycles. The van der Waals surface area contributed by atoms with Crippen molar-refractivity contribution in [3.8, 4) is 0 Å². The Hall–Kier alpha value is -2.03. The lowest BCUT2D eigenvalue weighted by Crippen LogP contribution is -2.28. The number of rotatable bonds is 0. The highest BCUT2D eigenvalue weighted by Gasteiger charge is 2.35. The van der Waals surface area contributed by atoms with Crippen molar-refractivity contribution < 1.29 is 9.59 Å². The summed E-state index contributed by atoms with van der Waals surface area (Å²) in [6.45, 7) is 0. The summed E-state index contributed by atoms with van der Waals surface area (Å²) >= 11 is 0. The minimum Gasteiger partial charge on any atom is -0.305 e. The summed E-state index contributed by atoms with van der Waals surface area (Å²) in [4.78, 5) is 24.5. The van der Waals surface area contributed by atoms with Gasteiger partial charge in [0.15, 0.2) is 11.6 Å². The van der Waals surface area contributed by atoms with E-state index in [9.17, 15) is 9.59 Å². The van der Waals surface area contributed by atoms with Crippen molar-refractivity contribution in [3.05, 3.63) is 46.5 Å². The molecule has 0 bridgehead atoms. The van der Waals surface area contributed by atoms with Gasteiger partial charge < -0.3 is 5.41 Å². The van der Waals surface area contributed by atoms with E-state index in [1.165, 1.54) is 0 Å². The van der Waals surface area contributed by atoms with Crippen LogP contribution in [0.5, 0.6) is 0 Å². The standard InChI is InChI=1S/C14H11NO2/c15-11-7-3-6-10-12(11)14(17)9-5-2-1-4-8(9)13(10)16/h1-2,4-5,15H,3,6-7H2. The van der Waals surface area contributed by atoms with Crippen LogP contribution in [0, 0.1) is 5.41 Å². The van der Waals surface area contributed by atoms with E-state index in [2.05, 4.69) is 0 Å². The van der Waals surface area contributed by atoms with Crippen molar-refractivity contribution in [1.82, 2.24) is 0 Å². The zero-order chi connectivity index (χ0) is 12.0. The molecule has 17 heavy (non-hydrogen) atoms. The van der Waals surface area contributed by atoms with Crippen LogP contribution in [0.2, 0.25) is 0 Å². The van der Waals surface area contributed by atoms with Crippen LogP contribution in [0.3, 0.4) is 0 Å². The number of benzene rings is 1. The molecular weight excluding hydrogens is 214 g/mol. The van der Waals surface area contributed by atoms with Crippen LogP contribution in [-0.4, -0.2) is 17.3 Å². The fraction of sp³-hybridized carbons (Fsp3) is 0.214. The predicted molar refractivity (Wildman–Crippen MR) is 63.7 cm³/mol. The SMILES string of the molecule is N=C1CCCC2=C1C(=O)c1ccccc1C2=O. The zero-order valence-electron chi connectivity index (χ0n) is 9.25. The van der Waals surface area contributed by atoms with Gasteiger partial charge in [0.25, 0.3) is 0 Å². The van der Waals surface area contributed by atoms with Crippen molar-refractivity contribution in [2.24, 2.45) is 0 Å². The third-order valence-electron chi connectivity index (χ3n) is 3.37. The van der Waals surface area contributed by atoms with Crippen molar-refractivity contribution in [2.45, 2.75) is 19.3 Å². The smallest absolute Gasteiger partial charge is 0.195 e. The number of allylic oxidation sites excluding steroid dienone is 2.